The van der Waals surface area contributed by atoms with E-state index in [0.29, 0.717) is 19.6 Å². The molecule has 0 saturated heterocycles. The molecule has 2 aromatic carbocycles. The van der Waals surface area contributed by atoms with Crippen LogP contribution >= 0.6 is 22.6 Å². The standard InChI is InChI=1S/C25H32INO5/c1-24(2,18-27(4)23(29)31-17-19-10-7-6-8-11-19)32-15-14-25(3,22(28)30-5)20-12-9-13-21(26)16-20/h6-13,16H,14-15,17-18H2,1-5H3. The highest BCUT2D eigenvalue weighted by Crippen LogP contribution is 2.31. The molecule has 2 rings (SSSR count). The average Bonchev–Trinajstić information content (AvgIpc) is 2.76. The Morgan fingerprint density at radius 3 is 2.34 bits per heavy atom. The van der Waals surface area contributed by atoms with Gasteiger partial charge in [-0.05, 0) is 73.0 Å². The molecule has 0 aliphatic heterocycles. The number of rotatable bonds is 10. The summed E-state index contributed by atoms with van der Waals surface area (Å²) in [4.78, 5) is 26.5. The van der Waals surface area contributed by atoms with Gasteiger partial charge in [0.1, 0.15) is 6.61 Å². The van der Waals surface area contributed by atoms with Gasteiger partial charge in [0.05, 0.1) is 24.7 Å². The summed E-state index contributed by atoms with van der Waals surface area (Å²) in [6, 6.07) is 17.4. The Morgan fingerprint density at radius 1 is 1.03 bits per heavy atom. The van der Waals surface area contributed by atoms with Gasteiger partial charge in [0.15, 0.2) is 0 Å². The van der Waals surface area contributed by atoms with Gasteiger partial charge in [-0.15, -0.1) is 0 Å². The van der Waals surface area contributed by atoms with E-state index in [1.807, 2.05) is 75.4 Å². The fourth-order valence-corrected chi connectivity index (χ4v) is 4.01. The molecule has 174 valence electrons. The molecule has 1 atom stereocenters. The Kier molecular flexibility index (Phi) is 9.51. The van der Waals surface area contributed by atoms with Crippen LogP contribution in [0.3, 0.4) is 0 Å². The lowest BCUT2D eigenvalue weighted by Gasteiger charge is -2.32. The third-order valence-corrected chi connectivity index (χ3v) is 6.00. The zero-order valence-electron chi connectivity index (χ0n) is 19.4. The number of hydrogen-bond acceptors (Lipinski definition) is 5. The normalized spacial score (nSPS) is 13.2. The summed E-state index contributed by atoms with van der Waals surface area (Å²) < 4.78 is 17.6. The number of hydrogen-bond donors (Lipinski definition) is 0. The van der Waals surface area contributed by atoms with Gasteiger partial charge in [-0.25, -0.2) is 4.79 Å². The predicted octanol–water partition coefficient (Wildman–Crippen LogP) is 5.18. The first-order valence-electron chi connectivity index (χ1n) is 10.5. The molecule has 1 unspecified atom stereocenters. The Bertz CT molecular complexity index is 902. The summed E-state index contributed by atoms with van der Waals surface area (Å²) in [6.45, 7) is 6.59. The molecule has 32 heavy (non-hydrogen) atoms. The highest BCUT2D eigenvalue weighted by Gasteiger charge is 2.37. The number of esters is 1. The van der Waals surface area contributed by atoms with Crippen molar-refractivity contribution < 1.29 is 23.8 Å². The maximum Gasteiger partial charge on any atom is 0.409 e. The van der Waals surface area contributed by atoms with Crippen LogP contribution in [0, 0.1) is 3.57 Å². The zero-order chi connectivity index (χ0) is 23.8. The van der Waals surface area contributed by atoms with E-state index >= 15 is 0 Å². The predicted molar refractivity (Wildman–Crippen MR) is 132 cm³/mol. The molecule has 1 amide bonds. The van der Waals surface area contributed by atoms with E-state index in [1.165, 1.54) is 12.0 Å². The maximum atomic E-state index is 12.6. The summed E-state index contributed by atoms with van der Waals surface area (Å²) in [5, 5.41) is 0. The smallest absolute Gasteiger partial charge is 0.409 e. The summed E-state index contributed by atoms with van der Waals surface area (Å²) in [6.07, 6.45) is 0.0366. The molecular formula is C25H32INO5. The van der Waals surface area contributed by atoms with Crippen molar-refractivity contribution >= 4 is 34.7 Å². The van der Waals surface area contributed by atoms with Crippen LogP contribution < -0.4 is 0 Å². The van der Waals surface area contributed by atoms with Crippen molar-refractivity contribution in [2.75, 3.05) is 27.3 Å². The van der Waals surface area contributed by atoms with Crippen molar-refractivity contribution in [1.29, 1.82) is 0 Å². The van der Waals surface area contributed by atoms with Gasteiger partial charge in [0, 0.05) is 17.2 Å². The van der Waals surface area contributed by atoms with Crippen LogP contribution in [0.1, 0.15) is 38.3 Å². The van der Waals surface area contributed by atoms with Gasteiger partial charge >= 0.3 is 12.1 Å². The first kappa shape index (κ1) is 26.1. The molecule has 0 heterocycles. The Hall–Kier alpha value is -2.13. The Labute approximate surface area is 204 Å². The number of carbonyl (C=O) groups is 2. The minimum absolute atomic E-state index is 0.221. The number of likely N-dealkylation sites (N-methyl/N-ethyl adjacent to an activating group) is 1. The monoisotopic (exact) mass is 553 g/mol. The van der Waals surface area contributed by atoms with E-state index in [-0.39, 0.29) is 12.6 Å². The fourth-order valence-electron chi connectivity index (χ4n) is 3.46. The SMILES string of the molecule is COC(=O)C(C)(CCOC(C)(C)CN(C)C(=O)OCc1ccccc1)c1cccc(I)c1. The van der Waals surface area contributed by atoms with Crippen molar-refractivity contribution in [2.24, 2.45) is 0 Å². The molecule has 0 spiro atoms. The molecule has 0 aliphatic carbocycles. The number of nitrogens with zero attached hydrogens (tertiary/aromatic N) is 1. The van der Waals surface area contributed by atoms with E-state index < -0.39 is 17.1 Å². The number of methoxy groups -OCH3 is 1. The van der Waals surface area contributed by atoms with Crippen molar-refractivity contribution in [3.05, 3.63) is 69.3 Å². The van der Waals surface area contributed by atoms with E-state index in [4.69, 9.17) is 14.2 Å². The minimum atomic E-state index is -0.827. The highest BCUT2D eigenvalue weighted by molar-refractivity contribution is 14.1. The van der Waals surface area contributed by atoms with Crippen LogP contribution in [0.25, 0.3) is 0 Å². The number of benzene rings is 2. The van der Waals surface area contributed by atoms with E-state index in [9.17, 15) is 9.59 Å². The maximum absolute atomic E-state index is 12.6. The van der Waals surface area contributed by atoms with Crippen molar-refractivity contribution in [3.8, 4) is 0 Å². The molecule has 0 saturated carbocycles. The third-order valence-electron chi connectivity index (χ3n) is 5.33. The average molecular weight is 553 g/mol. The van der Waals surface area contributed by atoms with Crippen LogP contribution in [0.5, 0.6) is 0 Å². The zero-order valence-corrected chi connectivity index (χ0v) is 21.5. The van der Waals surface area contributed by atoms with Crippen LogP contribution in [0.2, 0.25) is 0 Å². The summed E-state index contributed by atoms with van der Waals surface area (Å²) in [5.74, 6) is -0.303. The van der Waals surface area contributed by atoms with Gasteiger partial charge in [0.25, 0.3) is 0 Å². The van der Waals surface area contributed by atoms with Gasteiger partial charge < -0.3 is 19.1 Å². The number of carbonyl (C=O) groups excluding carboxylic acids is 2. The van der Waals surface area contributed by atoms with E-state index in [0.717, 1.165) is 14.7 Å². The van der Waals surface area contributed by atoms with E-state index in [2.05, 4.69) is 22.6 Å². The second-order valence-corrected chi connectivity index (χ2v) is 9.83. The lowest BCUT2D eigenvalue weighted by Crippen LogP contribution is -2.43. The topological polar surface area (TPSA) is 65.1 Å². The molecule has 0 radical (unpaired) electrons. The van der Waals surface area contributed by atoms with Crippen molar-refractivity contribution in [3.63, 3.8) is 0 Å². The molecule has 2 aromatic rings. The van der Waals surface area contributed by atoms with Gasteiger partial charge in [-0.3, -0.25) is 4.79 Å². The van der Waals surface area contributed by atoms with Crippen LogP contribution in [0.15, 0.2) is 54.6 Å². The molecule has 0 aliphatic rings. The summed E-state index contributed by atoms with van der Waals surface area (Å²) in [5.41, 5.74) is 0.372. The minimum Gasteiger partial charge on any atom is -0.468 e. The van der Waals surface area contributed by atoms with Crippen molar-refractivity contribution in [1.82, 2.24) is 4.90 Å². The summed E-state index contributed by atoms with van der Waals surface area (Å²) in [7, 11) is 3.08. The van der Waals surface area contributed by atoms with Crippen LogP contribution in [-0.4, -0.2) is 49.9 Å². The number of halogens is 1. The van der Waals surface area contributed by atoms with Gasteiger partial charge in [-0.1, -0.05) is 42.5 Å². The molecule has 0 bridgehead atoms. The van der Waals surface area contributed by atoms with Crippen LogP contribution in [-0.2, 0) is 31.0 Å². The van der Waals surface area contributed by atoms with Crippen molar-refractivity contribution in [2.45, 2.75) is 44.8 Å². The largest absolute Gasteiger partial charge is 0.468 e. The Balaban J connectivity index is 1.92. The highest BCUT2D eigenvalue weighted by atomic mass is 127. The lowest BCUT2D eigenvalue weighted by molar-refractivity contribution is -0.148. The quantitative estimate of drug-likeness (QED) is 0.300. The molecule has 0 aromatic heterocycles. The fraction of sp³-hybridized carbons (Fsp3) is 0.440. The molecular weight excluding hydrogens is 521 g/mol. The second kappa shape index (κ2) is 11.7. The molecule has 7 heteroatoms. The van der Waals surface area contributed by atoms with E-state index in [1.54, 1.807) is 7.05 Å². The second-order valence-electron chi connectivity index (χ2n) is 8.59. The van der Waals surface area contributed by atoms with Gasteiger partial charge in [0.2, 0.25) is 0 Å². The van der Waals surface area contributed by atoms with Crippen LogP contribution in [0.4, 0.5) is 4.79 Å². The molecule has 0 fully saturated rings. The number of ether oxygens (including phenoxy) is 3. The lowest BCUT2D eigenvalue weighted by atomic mass is 9.79. The van der Waals surface area contributed by atoms with Gasteiger partial charge in [-0.2, -0.15) is 0 Å². The number of amides is 1. The molecule has 6 nitrogen and oxygen atoms in total. The Morgan fingerprint density at radius 2 is 1.72 bits per heavy atom. The molecule has 0 N–H and O–H groups in total. The first-order valence-corrected chi connectivity index (χ1v) is 11.6. The first-order chi connectivity index (χ1) is 15.1. The third kappa shape index (κ3) is 7.48. The summed E-state index contributed by atoms with van der Waals surface area (Å²) >= 11 is 2.23.